The third-order valence-electron chi connectivity index (χ3n) is 4.36. The van der Waals surface area contributed by atoms with Crippen molar-refractivity contribution >= 4 is 23.2 Å². The summed E-state index contributed by atoms with van der Waals surface area (Å²) in [6, 6.07) is 26.4. The van der Waals surface area contributed by atoms with Crippen molar-refractivity contribution in [2.75, 3.05) is 13.2 Å². The highest BCUT2D eigenvalue weighted by molar-refractivity contribution is 7.80. The molecule has 0 saturated heterocycles. The predicted octanol–water partition coefficient (Wildman–Crippen LogP) is 4.51. The maximum absolute atomic E-state index is 12.7. The molecule has 3 rings (SSSR count). The second kappa shape index (κ2) is 11.0. The highest BCUT2D eigenvalue weighted by atomic mass is 32.1. The van der Waals surface area contributed by atoms with Crippen molar-refractivity contribution in [1.29, 1.82) is 0 Å². The van der Waals surface area contributed by atoms with Crippen molar-refractivity contribution < 1.29 is 14.3 Å². The Labute approximate surface area is 182 Å². The first kappa shape index (κ1) is 21.3. The fourth-order valence-electron chi connectivity index (χ4n) is 2.84. The van der Waals surface area contributed by atoms with Crippen LogP contribution in [0.25, 0.3) is 0 Å². The van der Waals surface area contributed by atoms with Gasteiger partial charge < -0.3 is 14.8 Å². The Balaban J connectivity index is 1.52. The zero-order chi connectivity index (χ0) is 21.2. The van der Waals surface area contributed by atoms with Gasteiger partial charge in [0, 0.05) is 0 Å². The van der Waals surface area contributed by atoms with Crippen molar-refractivity contribution in [3.8, 4) is 11.5 Å². The Morgan fingerprint density at radius 3 is 2.20 bits per heavy atom. The van der Waals surface area contributed by atoms with E-state index in [0.29, 0.717) is 24.5 Å². The largest absolute Gasteiger partial charge is 0.490 e. The number of carbonyl (C=O) groups is 1. The number of thiocarbonyl (C=S) groups is 1. The quantitative estimate of drug-likeness (QED) is 0.415. The molecule has 2 N–H and O–H groups in total. The molecular formula is C24H24N2O3S. The van der Waals surface area contributed by atoms with Crippen LogP contribution >= 0.6 is 12.2 Å². The SMILES string of the molecule is CC(NC(=S)NC(=O)c1ccccc1OCCOc1ccccc1)c1ccccc1. The summed E-state index contributed by atoms with van der Waals surface area (Å²) in [6.45, 7) is 2.67. The van der Waals surface area contributed by atoms with Gasteiger partial charge in [-0.2, -0.15) is 0 Å². The number of hydrogen-bond donors (Lipinski definition) is 2. The van der Waals surface area contributed by atoms with Crippen LogP contribution in [0.5, 0.6) is 11.5 Å². The molecule has 0 spiro atoms. The van der Waals surface area contributed by atoms with E-state index in [1.165, 1.54) is 0 Å². The standard InChI is InChI=1S/C24H24N2O3S/c1-18(19-10-4-2-5-11-19)25-24(30)26-23(27)21-14-8-9-15-22(21)29-17-16-28-20-12-6-3-7-13-20/h2-15,18H,16-17H2,1H3,(H2,25,26,27,30). The molecule has 30 heavy (non-hydrogen) atoms. The van der Waals surface area contributed by atoms with Gasteiger partial charge in [0.25, 0.3) is 5.91 Å². The first-order valence-corrected chi connectivity index (χ1v) is 10.1. The van der Waals surface area contributed by atoms with E-state index >= 15 is 0 Å². The summed E-state index contributed by atoms with van der Waals surface area (Å²) in [5.74, 6) is 0.925. The molecule has 1 amide bonds. The number of para-hydroxylation sites is 2. The highest BCUT2D eigenvalue weighted by Crippen LogP contribution is 2.18. The Morgan fingerprint density at radius 2 is 1.47 bits per heavy atom. The van der Waals surface area contributed by atoms with E-state index < -0.39 is 0 Å². The second-order valence-corrected chi connectivity index (χ2v) is 6.97. The highest BCUT2D eigenvalue weighted by Gasteiger charge is 2.15. The summed E-state index contributed by atoms with van der Waals surface area (Å²) in [4.78, 5) is 12.7. The smallest absolute Gasteiger partial charge is 0.261 e. The fourth-order valence-corrected chi connectivity index (χ4v) is 3.11. The average molecular weight is 421 g/mol. The first-order chi connectivity index (χ1) is 14.6. The van der Waals surface area contributed by atoms with Crippen LogP contribution in [0, 0.1) is 0 Å². The Kier molecular flexibility index (Phi) is 7.80. The van der Waals surface area contributed by atoms with Crippen LogP contribution in [0.15, 0.2) is 84.9 Å². The second-order valence-electron chi connectivity index (χ2n) is 6.57. The molecule has 154 valence electrons. The Bertz CT molecular complexity index is 964. The van der Waals surface area contributed by atoms with Gasteiger partial charge in [-0.1, -0.05) is 60.7 Å². The minimum atomic E-state index is -0.327. The minimum absolute atomic E-state index is 0.0272. The summed E-state index contributed by atoms with van der Waals surface area (Å²) >= 11 is 5.31. The number of hydrogen-bond acceptors (Lipinski definition) is 4. The monoisotopic (exact) mass is 420 g/mol. The number of nitrogens with one attached hydrogen (secondary N) is 2. The van der Waals surface area contributed by atoms with Crippen LogP contribution in [0.3, 0.4) is 0 Å². The van der Waals surface area contributed by atoms with Gasteiger partial charge in [-0.25, -0.2) is 0 Å². The maximum atomic E-state index is 12.7. The molecule has 1 atom stereocenters. The molecule has 1 unspecified atom stereocenters. The molecular weight excluding hydrogens is 396 g/mol. The fraction of sp³-hybridized carbons (Fsp3) is 0.167. The number of ether oxygens (including phenoxy) is 2. The van der Waals surface area contributed by atoms with E-state index in [1.807, 2.05) is 73.7 Å². The van der Waals surface area contributed by atoms with Gasteiger partial charge in [-0.05, 0) is 49.0 Å². The molecule has 0 bridgehead atoms. The van der Waals surface area contributed by atoms with Crippen LogP contribution in [0.2, 0.25) is 0 Å². The topological polar surface area (TPSA) is 59.6 Å². The van der Waals surface area contributed by atoms with E-state index in [-0.39, 0.29) is 17.1 Å². The van der Waals surface area contributed by atoms with E-state index in [9.17, 15) is 4.79 Å². The van der Waals surface area contributed by atoms with Crippen molar-refractivity contribution in [3.63, 3.8) is 0 Å². The summed E-state index contributed by atoms with van der Waals surface area (Å²) in [6.07, 6.45) is 0. The van der Waals surface area contributed by atoms with Gasteiger partial charge in [0.1, 0.15) is 24.7 Å². The molecule has 5 nitrogen and oxygen atoms in total. The Morgan fingerprint density at radius 1 is 0.867 bits per heavy atom. The van der Waals surface area contributed by atoms with Gasteiger partial charge in [-0.15, -0.1) is 0 Å². The molecule has 0 aromatic heterocycles. The number of rotatable bonds is 8. The first-order valence-electron chi connectivity index (χ1n) is 9.70. The lowest BCUT2D eigenvalue weighted by Gasteiger charge is -2.17. The van der Waals surface area contributed by atoms with Crippen LogP contribution in [-0.4, -0.2) is 24.2 Å². The number of amides is 1. The molecule has 0 aliphatic carbocycles. The molecule has 0 heterocycles. The molecule has 3 aromatic carbocycles. The van der Waals surface area contributed by atoms with Crippen LogP contribution in [0.4, 0.5) is 0 Å². The summed E-state index contributed by atoms with van der Waals surface area (Å²) < 4.78 is 11.4. The predicted molar refractivity (Wildman–Crippen MR) is 122 cm³/mol. The molecule has 3 aromatic rings. The van der Waals surface area contributed by atoms with Gasteiger partial charge in [0.2, 0.25) is 0 Å². The lowest BCUT2D eigenvalue weighted by atomic mass is 10.1. The van der Waals surface area contributed by atoms with Crippen LogP contribution < -0.4 is 20.1 Å². The third-order valence-corrected chi connectivity index (χ3v) is 4.58. The number of benzene rings is 3. The maximum Gasteiger partial charge on any atom is 0.261 e. The van der Waals surface area contributed by atoms with Crippen molar-refractivity contribution in [1.82, 2.24) is 10.6 Å². The normalized spacial score (nSPS) is 11.2. The van der Waals surface area contributed by atoms with E-state index in [0.717, 1.165) is 11.3 Å². The molecule has 6 heteroatoms. The third kappa shape index (κ3) is 6.32. The summed E-state index contributed by atoms with van der Waals surface area (Å²) in [5, 5.41) is 6.11. The molecule has 0 aliphatic rings. The molecule has 0 radical (unpaired) electrons. The van der Waals surface area contributed by atoms with E-state index in [4.69, 9.17) is 21.7 Å². The van der Waals surface area contributed by atoms with Crippen molar-refractivity contribution in [3.05, 3.63) is 96.1 Å². The average Bonchev–Trinajstić information content (AvgIpc) is 2.78. The zero-order valence-electron chi connectivity index (χ0n) is 16.7. The lowest BCUT2D eigenvalue weighted by molar-refractivity contribution is 0.0971. The van der Waals surface area contributed by atoms with Gasteiger partial charge in [0.05, 0.1) is 11.6 Å². The van der Waals surface area contributed by atoms with Crippen LogP contribution in [-0.2, 0) is 0 Å². The van der Waals surface area contributed by atoms with E-state index in [2.05, 4.69) is 10.6 Å². The number of carbonyl (C=O) groups excluding carboxylic acids is 1. The van der Waals surface area contributed by atoms with Crippen molar-refractivity contribution in [2.24, 2.45) is 0 Å². The zero-order valence-corrected chi connectivity index (χ0v) is 17.5. The molecule has 0 saturated carbocycles. The molecule has 0 aliphatic heterocycles. The lowest BCUT2D eigenvalue weighted by Crippen LogP contribution is -2.40. The van der Waals surface area contributed by atoms with Gasteiger partial charge >= 0.3 is 0 Å². The van der Waals surface area contributed by atoms with E-state index in [1.54, 1.807) is 18.2 Å². The van der Waals surface area contributed by atoms with Crippen LogP contribution in [0.1, 0.15) is 28.9 Å². The minimum Gasteiger partial charge on any atom is -0.490 e. The summed E-state index contributed by atoms with van der Waals surface area (Å²) in [7, 11) is 0. The van der Waals surface area contributed by atoms with Gasteiger partial charge in [0.15, 0.2) is 5.11 Å². The van der Waals surface area contributed by atoms with Crippen molar-refractivity contribution in [2.45, 2.75) is 13.0 Å². The van der Waals surface area contributed by atoms with Gasteiger partial charge in [-0.3, -0.25) is 10.1 Å². The Hall–Kier alpha value is -3.38. The molecule has 0 fully saturated rings. The summed E-state index contributed by atoms with van der Waals surface area (Å²) in [5.41, 5.74) is 1.49.